The third kappa shape index (κ3) is 15.7. The number of carbonyl (C=O) groups is 2. The first-order valence-corrected chi connectivity index (χ1v) is 27.0. The number of esters is 1. The molecule has 20 heteroatoms. The minimum atomic E-state index is -0.996. The Kier molecular flexibility index (Phi) is 18.0. The topological polar surface area (TPSA) is 255 Å². The zero-order valence-corrected chi connectivity index (χ0v) is 44.7. The Labute approximate surface area is 447 Å². The van der Waals surface area contributed by atoms with Gasteiger partial charge in [-0.15, -0.1) is 10.2 Å². The summed E-state index contributed by atoms with van der Waals surface area (Å²) in [6.07, 6.45) is 10.2. The Bertz CT molecular complexity index is 3330. The SMILES string of the molecule is CC(C)(COc1ccc(-c2ccc(-c3nc(Oc4ccc(C#N)cc4)n[nH]3)cc2)cn1)C(=O)O.COC(=O)C(C)(C)COc1ccc(-c2ccc(-c3nc(Oc4ccc(C#N)cc4)n(COCCS(C)(C)C)n3)cc2)cn1. The minimum absolute atomic E-state index is 0.0252. The van der Waals surface area contributed by atoms with Gasteiger partial charge in [-0.3, -0.25) is 14.7 Å². The van der Waals surface area contributed by atoms with E-state index in [0.29, 0.717) is 58.7 Å². The number of H-pyrrole nitrogens is 1. The number of nitrogens with zero attached hydrogens (tertiary/aromatic N) is 9. The maximum absolute atomic E-state index is 11.9. The third-order valence-electron chi connectivity index (χ3n) is 11.5. The summed E-state index contributed by atoms with van der Waals surface area (Å²) in [7, 11) is 0.679. The van der Waals surface area contributed by atoms with E-state index in [9.17, 15) is 14.7 Å². The van der Waals surface area contributed by atoms with Gasteiger partial charge >= 0.3 is 24.0 Å². The van der Waals surface area contributed by atoms with Crippen LogP contribution in [0.5, 0.6) is 35.3 Å². The van der Waals surface area contributed by atoms with Gasteiger partial charge in [0.1, 0.15) is 31.4 Å². The number of carboxylic acid groups (broad SMARTS) is 1. The summed E-state index contributed by atoms with van der Waals surface area (Å²) in [5.41, 5.74) is 4.65. The molecule has 8 rings (SSSR count). The molecule has 396 valence electrons. The number of aromatic amines is 1. The van der Waals surface area contributed by atoms with Crippen LogP contribution >= 0.6 is 10.0 Å². The minimum Gasteiger partial charge on any atom is -0.481 e. The maximum Gasteiger partial charge on any atom is 0.341 e. The Morgan fingerprint density at radius 1 is 0.649 bits per heavy atom. The number of methoxy groups -OCH3 is 1. The van der Waals surface area contributed by atoms with Crippen LogP contribution in [-0.4, -0.2) is 108 Å². The van der Waals surface area contributed by atoms with Gasteiger partial charge in [0.25, 0.3) is 0 Å². The molecule has 0 aliphatic rings. The molecular weight excluding hydrogens is 1000 g/mol. The molecule has 0 saturated heterocycles. The predicted molar refractivity (Wildman–Crippen MR) is 291 cm³/mol. The predicted octanol–water partition coefficient (Wildman–Crippen LogP) is 10.6. The lowest BCUT2D eigenvalue weighted by Crippen LogP contribution is -2.32. The van der Waals surface area contributed by atoms with E-state index in [4.69, 9.17) is 38.9 Å². The monoisotopic (exact) mass is 1060 g/mol. The number of ether oxygens (including phenoxy) is 6. The number of carbonyl (C=O) groups excluding carboxylic acids is 1. The molecule has 2 N–H and O–H groups in total. The van der Waals surface area contributed by atoms with Crippen molar-refractivity contribution in [3.8, 4) is 92.4 Å². The molecular formula is C57H58N10O9S. The first kappa shape index (κ1) is 55.6. The van der Waals surface area contributed by atoms with E-state index >= 15 is 0 Å². The van der Waals surface area contributed by atoms with Crippen molar-refractivity contribution < 1.29 is 43.1 Å². The van der Waals surface area contributed by atoms with Crippen LogP contribution < -0.4 is 18.9 Å². The summed E-state index contributed by atoms with van der Waals surface area (Å²) in [4.78, 5) is 40.7. The Balaban J connectivity index is 0.000000230. The number of hydrogen-bond donors (Lipinski definition) is 2. The van der Waals surface area contributed by atoms with E-state index in [0.717, 1.165) is 39.1 Å². The number of nitriles is 2. The van der Waals surface area contributed by atoms with E-state index in [1.807, 2.05) is 60.7 Å². The van der Waals surface area contributed by atoms with E-state index in [2.05, 4.69) is 66.1 Å². The van der Waals surface area contributed by atoms with Crippen molar-refractivity contribution in [2.45, 2.75) is 34.4 Å². The summed E-state index contributed by atoms with van der Waals surface area (Å²) in [6.45, 7) is 7.70. The Morgan fingerprint density at radius 3 is 1.62 bits per heavy atom. The molecule has 4 aromatic heterocycles. The smallest absolute Gasteiger partial charge is 0.341 e. The number of rotatable bonds is 21. The van der Waals surface area contributed by atoms with Gasteiger partial charge in [-0.05, 0) is 118 Å². The van der Waals surface area contributed by atoms with E-state index in [-0.39, 0.29) is 31.9 Å². The molecule has 19 nitrogen and oxygen atoms in total. The van der Waals surface area contributed by atoms with Crippen molar-refractivity contribution in [2.75, 3.05) is 51.5 Å². The summed E-state index contributed by atoms with van der Waals surface area (Å²) in [5.74, 6) is 2.63. The molecule has 0 saturated carbocycles. The van der Waals surface area contributed by atoms with Crippen LogP contribution in [0, 0.1) is 33.5 Å². The molecule has 0 aliphatic carbocycles. The third-order valence-corrected chi connectivity index (χ3v) is 12.9. The van der Waals surface area contributed by atoms with Gasteiger partial charge in [0, 0.05) is 52.5 Å². The average Bonchev–Trinajstić information content (AvgIpc) is 4.08. The van der Waals surface area contributed by atoms with Crippen LogP contribution in [-0.2, 0) is 25.8 Å². The molecule has 0 bridgehead atoms. The second-order valence-electron chi connectivity index (χ2n) is 19.6. The standard InChI is InChI=1S/C32H37N5O5S.C25H21N5O4/c1-32(2,30(38)39-3)21-41-28-16-13-26(20-34-28)24-9-11-25(12-10-24)29-35-31(42-27-14-7-23(19-33)8-15-27)37(36-29)22-40-17-18-43(4,5)6;1-25(2,23(31)32)15-33-21-12-9-19(14-27-21)17-5-7-18(8-6-17)22-28-24(30-29-22)34-20-10-3-16(13-26)4-11-20/h7-16,20H,17-18,21-22H2,1-6H3;3-12,14H,15H2,1-2H3,(H,31,32)(H,28,29,30). The van der Waals surface area contributed by atoms with Gasteiger partial charge in [-0.25, -0.2) is 20.0 Å². The summed E-state index contributed by atoms with van der Waals surface area (Å²) in [6, 6.07) is 40.9. The number of aromatic nitrogens is 8. The molecule has 0 fully saturated rings. The van der Waals surface area contributed by atoms with Gasteiger partial charge in [-0.1, -0.05) is 48.5 Å². The largest absolute Gasteiger partial charge is 0.481 e. The fourth-order valence-electron chi connectivity index (χ4n) is 6.71. The normalized spacial score (nSPS) is 11.5. The molecule has 8 aromatic rings. The van der Waals surface area contributed by atoms with Crippen molar-refractivity contribution in [3.05, 3.63) is 145 Å². The number of nitrogens with one attached hydrogen (secondary N) is 1. The van der Waals surface area contributed by atoms with Crippen molar-refractivity contribution in [1.29, 1.82) is 10.5 Å². The first-order valence-electron chi connectivity index (χ1n) is 24.0. The number of pyridine rings is 2. The van der Waals surface area contributed by atoms with Crippen LogP contribution in [0.3, 0.4) is 0 Å². The molecule has 0 spiro atoms. The Morgan fingerprint density at radius 2 is 1.14 bits per heavy atom. The quantitative estimate of drug-likeness (QED) is 0.0501. The van der Waals surface area contributed by atoms with Gasteiger partial charge in [0.05, 0.1) is 47.8 Å². The summed E-state index contributed by atoms with van der Waals surface area (Å²) < 4.78 is 35.2. The van der Waals surface area contributed by atoms with Crippen molar-refractivity contribution >= 4 is 22.0 Å². The van der Waals surface area contributed by atoms with Gasteiger partial charge in [0.15, 0.2) is 11.6 Å². The zero-order valence-electron chi connectivity index (χ0n) is 43.9. The lowest BCUT2D eigenvalue weighted by molar-refractivity contribution is -0.152. The van der Waals surface area contributed by atoms with E-state index in [1.54, 1.807) is 105 Å². The highest BCUT2D eigenvalue weighted by atomic mass is 32.3. The highest BCUT2D eigenvalue weighted by Gasteiger charge is 2.30. The lowest BCUT2D eigenvalue weighted by Gasteiger charge is -2.24. The molecule has 0 atom stereocenters. The van der Waals surface area contributed by atoms with Gasteiger partial charge in [-0.2, -0.15) is 25.2 Å². The molecule has 77 heavy (non-hydrogen) atoms. The van der Waals surface area contributed by atoms with Gasteiger partial charge < -0.3 is 33.5 Å². The fraction of sp³-hybridized carbons (Fsp3) is 0.263. The second-order valence-corrected chi connectivity index (χ2v) is 24.1. The second kappa shape index (κ2) is 24.9. The maximum atomic E-state index is 11.9. The number of aliphatic carboxylic acids is 1. The van der Waals surface area contributed by atoms with E-state index < -0.39 is 26.8 Å². The van der Waals surface area contributed by atoms with Gasteiger partial charge in [0.2, 0.25) is 11.8 Å². The fourth-order valence-corrected chi connectivity index (χ4v) is 7.33. The zero-order chi connectivity index (χ0) is 55.2. The van der Waals surface area contributed by atoms with Crippen molar-refractivity contribution in [1.82, 2.24) is 39.9 Å². The molecule has 4 heterocycles. The molecule has 0 radical (unpaired) electrons. The molecule has 0 amide bonds. The molecule has 0 unspecified atom stereocenters. The number of hydrogen-bond acceptors (Lipinski definition) is 16. The summed E-state index contributed by atoms with van der Waals surface area (Å²) >= 11 is 0. The van der Waals surface area contributed by atoms with E-state index in [1.165, 1.54) is 7.11 Å². The van der Waals surface area contributed by atoms with Crippen molar-refractivity contribution in [2.24, 2.45) is 10.8 Å². The van der Waals surface area contributed by atoms with Crippen LogP contribution in [0.25, 0.3) is 45.0 Å². The summed E-state index contributed by atoms with van der Waals surface area (Å²) in [5, 5.41) is 38.7. The Hall–Kier alpha value is -9.11. The van der Waals surface area contributed by atoms with Crippen LogP contribution in [0.15, 0.2) is 134 Å². The highest BCUT2D eigenvalue weighted by molar-refractivity contribution is 8.32. The van der Waals surface area contributed by atoms with Crippen LogP contribution in [0.4, 0.5) is 0 Å². The lowest BCUT2D eigenvalue weighted by atomic mass is 9.95. The molecule has 4 aromatic carbocycles. The number of benzene rings is 4. The van der Waals surface area contributed by atoms with Crippen LogP contribution in [0.2, 0.25) is 0 Å². The first-order chi connectivity index (χ1) is 36.8. The highest BCUT2D eigenvalue weighted by Crippen LogP contribution is 2.34. The number of carboxylic acids is 1. The molecule has 0 aliphatic heterocycles. The average molecular weight is 1060 g/mol. The van der Waals surface area contributed by atoms with Crippen molar-refractivity contribution in [3.63, 3.8) is 0 Å². The van der Waals surface area contributed by atoms with Crippen LogP contribution in [0.1, 0.15) is 38.8 Å².